The van der Waals surface area contributed by atoms with E-state index in [1.165, 1.54) is 7.11 Å². The molecule has 12 heavy (non-hydrogen) atoms. The zero-order chi connectivity index (χ0) is 9.61. The van der Waals surface area contributed by atoms with E-state index in [1.807, 2.05) is 0 Å². The summed E-state index contributed by atoms with van der Waals surface area (Å²) in [4.78, 5) is 10.6. The molecule has 4 nitrogen and oxygen atoms in total. The van der Waals surface area contributed by atoms with Crippen molar-refractivity contribution in [2.24, 2.45) is 0 Å². The first-order valence-electron chi connectivity index (χ1n) is 4.02. The van der Waals surface area contributed by atoms with Crippen molar-refractivity contribution in [1.82, 2.24) is 10.6 Å². The Balaban J connectivity index is 3.28. The molecule has 0 unspecified atom stereocenters. The zero-order valence-electron chi connectivity index (χ0n) is 8.23. The van der Waals surface area contributed by atoms with Gasteiger partial charge < -0.3 is 15.4 Å². The highest BCUT2D eigenvalue weighted by Crippen LogP contribution is 1.96. The summed E-state index contributed by atoms with van der Waals surface area (Å²) >= 11 is 0. The molecule has 0 aromatic carbocycles. The molecule has 0 aromatic rings. The summed E-state index contributed by atoms with van der Waals surface area (Å²) < 4.78 is 4.40. The first-order valence-corrected chi connectivity index (χ1v) is 4.02. The molecular formula is C8H18N2O2. The minimum atomic E-state index is -0.384. The predicted molar refractivity (Wildman–Crippen MR) is 48.2 cm³/mol. The molecule has 0 aliphatic rings. The number of nitrogens with one attached hydrogen (secondary N) is 2. The van der Waals surface area contributed by atoms with Crippen molar-refractivity contribution >= 4 is 6.09 Å². The number of carbonyl (C=O) groups is 1. The number of alkyl carbamates (subject to hydrolysis) is 1. The second-order valence-corrected chi connectivity index (χ2v) is 3.60. The van der Waals surface area contributed by atoms with Crippen molar-refractivity contribution in [1.29, 1.82) is 0 Å². The number of amides is 1. The summed E-state index contributed by atoms with van der Waals surface area (Å²) in [5.74, 6) is 0. The molecule has 0 heterocycles. The van der Waals surface area contributed by atoms with Gasteiger partial charge in [0.15, 0.2) is 0 Å². The lowest BCUT2D eigenvalue weighted by Crippen LogP contribution is -2.41. The molecule has 0 fully saturated rings. The van der Waals surface area contributed by atoms with Crippen LogP contribution in [0.3, 0.4) is 0 Å². The normalized spacial score (nSPS) is 11.0. The van der Waals surface area contributed by atoms with E-state index in [4.69, 9.17) is 0 Å². The number of hydrogen-bond acceptors (Lipinski definition) is 3. The van der Waals surface area contributed by atoms with Gasteiger partial charge in [0.25, 0.3) is 0 Å². The smallest absolute Gasteiger partial charge is 0.406 e. The fourth-order valence-electron chi connectivity index (χ4n) is 0.674. The van der Waals surface area contributed by atoms with Crippen molar-refractivity contribution in [2.75, 3.05) is 20.2 Å². The fraction of sp³-hybridized carbons (Fsp3) is 0.875. The summed E-state index contributed by atoms with van der Waals surface area (Å²) in [5.41, 5.74) is 0.0950. The molecule has 0 saturated heterocycles. The predicted octanol–water partition coefficient (Wildman–Crippen LogP) is 0.730. The van der Waals surface area contributed by atoms with Crippen LogP contribution in [0.15, 0.2) is 0 Å². The third kappa shape index (κ3) is 7.34. The Hall–Kier alpha value is -0.770. The minimum absolute atomic E-state index is 0.0950. The van der Waals surface area contributed by atoms with Gasteiger partial charge in [-0.3, -0.25) is 0 Å². The molecule has 0 radical (unpaired) electrons. The van der Waals surface area contributed by atoms with Crippen LogP contribution in [0, 0.1) is 0 Å². The Morgan fingerprint density at radius 3 is 2.33 bits per heavy atom. The molecular weight excluding hydrogens is 156 g/mol. The lowest BCUT2D eigenvalue weighted by atomic mass is 10.1. The van der Waals surface area contributed by atoms with Gasteiger partial charge in [0.2, 0.25) is 0 Å². The van der Waals surface area contributed by atoms with Crippen LogP contribution in [0.4, 0.5) is 4.79 Å². The zero-order valence-corrected chi connectivity index (χ0v) is 8.23. The van der Waals surface area contributed by atoms with Crippen molar-refractivity contribution in [3.8, 4) is 0 Å². The molecule has 0 aliphatic heterocycles. The van der Waals surface area contributed by atoms with Crippen LogP contribution in [-0.2, 0) is 4.74 Å². The molecule has 0 aromatic heterocycles. The third-order valence-electron chi connectivity index (χ3n) is 1.24. The summed E-state index contributed by atoms with van der Waals surface area (Å²) in [7, 11) is 1.35. The Kier molecular flexibility index (Phi) is 4.66. The van der Waals surface area contributed by atoms with E-state index < -0.39 is 0 Å². The Morgan fingerprint density at radius 1 is 1.33 bits per heavy atom. The molecule has 0 bridgehead atoms. The van der Waals surface area contributed by atoms with E-state index in [0.717, 1.165) is 6.54 Å². The lowest BCUT2D eigenvalue weighted by molar-refractivity contribution is 0.171. The van der Waals surface area contributed by atoms with Crippen LogP contribution in [-0.4, -0.2) is 31.8 Å². The Morgan fingerprint density at radius 2 is 1.92 bits per heavy atom. The van der Waals surface area contributed by atoms with Crippen LogP contribution in [0.2, 0.25) is 0 Å². The fourth-order valence-corrected chi connectivity index (χ4v) is 0.674. The topological polar surface area (TPSA) is 50.4 Å². The van der Waals surface area contributed by atoms with Gasteiger partial charge in [0, 0.05) is 18.6 Å². The average Bonchev–Trinajstić information content (AvgIpc) is 1.96. The lowest BCUT2D eigenvalue weighted by Gasteiger charge is -2.20. The van der Waals surface area contributed by atoms with Crippen LogP contribution in [0.1, 0.15) is 20.8 Å². The van der Waals surface area contributed by atoms with Crippen LogP contribution in [0.25, 0.3) is 0 Å². The van der Waals surface area contributed by atoms with Crippen LogP contribution < -0.4 is 10.6 Å². The Labute approximate surface area is 73.7 Å². The van der Waals surface area contributed by atoms with Crippen LogP contribution >= 0.6 is 0 Å². The number of methoxy groups -OCH3 is 1. The molecule has 72 valence electrons. The molecule has 2 N–H and O–H groups in total. The average molecular weight is 174 g/mol. The van der Waals surface area contributed by atoms with Gasteiger partial charge in [-0.05, 0) is 20.8 Å². The summed E-state index contributed by atoms with van der Waals surface area (Å²) in [6.07, 6.45) is -0.384. The van der Waals surface area contributed by atoms with Gasteiger partial charge in [-0.2, -0.15) is 0 Å². The van der Waals surface area contributed by atoms with Crippen molar-refractivity contribution in [2.45, 2.75) is 26.3 Å². The summed E-state index contributed by atoms with van der Waals surface area (Å²) in [5, 5.41) is 5.81. The van der Waals surface area contributed by atoms with Crippen molar-refractivity contribution < 1.29 is 9.53 Å². The minimum Gasteiger partial charge on any atom is -0.453 e. The molecule has 0 aliphatic carbocycles. The van der Waals surface area contributed by atoms with E-state index in [2.05, 4.69) is 36.1 Å². The number of hydrogen-bond donors (Lipinski definition) is 2. The SMILES string of the molecule is COC(=O)NCCNC(C)(C)C. The van der Waals surface area contributed by atoms with E-state index in [0.29, 0.717) is 6.54 Å². The molecule has 0 spiro atoms. The van der Waals surface area contributed by atoms with Gasteiger partial charge in [-0.15, -0.1) is 0 Å². The summed E-state index contributed by atoms with van der Waals surface area (Å²) in [6, 6.07) is 0. The maximum Gasteiger partial charge on any atom is 0.406 e. The van der Waals surface area contributed by atoms with Crippen LogP contribution in [0.5, 0.6) is 0 Å². The maximum atomic E-state index is 10.6. The monoisotopic (exact) mass is 174 g/mol. The molecule has 0 atom stereocenters. The number of rotatable bonds is 3. The largest absolute Gasteiger partial charge is 0.453 e. The first-order chi connectivity index (χ1) is 5.45. The van der Waals surface area contributed by atoms with Gasteiger partial charge >= 0.3 is 6.09 Å². The maximum absolute atomic E-state index is 10.6. The first kappa shape index (κ1) is 11.2. The van der Waals surface area contributed by atoms with Gasteiger partial charge in [-0.1, -0.05) is 0 Å². The third-order valence-corrected chi connectivity index (χ3v) is 1.24. The van der Waals surface area contributed by atoms with E-state index in [9.17, 15) is 4.79 Å². The van der Waals surface area contributed by atoms with Crippen molar-refractivity contribution in [3.63, 3.8) is 0 Å². The van der Waals surface area contributed by atoms with Gasteiger partial charge in [0.1, 0.15) is 0 Å². The molecule has 4 heteroatoms. The van der Waals surface area contributed by atoms with Gasteiger partial charge in [-0.25, -0.2) is 4.79 Å². The highest BCUT2D eigenvalue weighted by Gasteiger charge is 2.07. The standard InChI is InChI=1S/C8H18N2O2/c1-8(2,3)10-6-5-9-7(11)12-4/h10H,5-6H2,1-4H3,(H,9,11). The Bertz CT molecular complexity index is 140. The molecule has 0 saturated carbocycles. The van der Waals surface area contributed by atoms with E-state index >= 15 is 0 Å². The number of ether oxygens (including phenoxy) is 1. The van der Waals surface area contributed by atoms with E-state index in [1.54, 1.807) is 0 Å². The highest BCUT2D eigenvalue weighted by molar-refractivity contribution is 5.66. The second-order valence-electron chi connectivity index (χ2n) is 3.60. The molecule has 1 amide bonds. The quantitative estimate of drug-likeness (QED) is 0.620. The molecule has 0 rings (SSSR count). The summed E-state index contributed by atoms with van der Waals surface area (Å²) in [6.45, 7) is 7.56. The van der Waals surface area contributed by atoms with Gasteiger partial charge in [0.05, 0.1) is 7.11 Å². The number of carbonyl (C=O) groups excluding carboxylic acids is 1. The van der Waals surface area contributed by atoms with E-state index in [-0.39, 0.29) is 11.6 Å². The van der Waals surface area contributed by atoms with Crippen molar-refractivity contribution in [3.05, 3.63) is 0 Å². The second kappa shape index (κ2) is 4.98. The highest BCUT2D eigenvalue weighted by atomic mass is 16.5.